The molecule has 2 aromatic rings. The molecular formula is C15H9Cl2NO. The zero-order chi connectivity index (χ0) is 13.4. The van der Waals surface area contributed by atoms with E-state index in [0.29, 0.717) is 15.6 Å². The summed E-state index contributed by atoms with van der Waals surface area (Å²) in [6.07, 6.45) is 1.79. The second kappa shape index (κ2) is 4.72. The molecule has 1 amide bonds. The number of hydrogen-bond donors (Lipinski definition) is 1. The highest BCUT2D eigenvalue weighted by Crippen LogP contribution is 2.33. The lowest BCUT2D eigenvalue weighted by Crippen LogP contribution is -2.03. The summed E-state index contributed by atoms with van der Waals surface area (Å²) in [7, 11) is 0. The smallest absolute Gasteiger partial charge is 0.256 e. The monoisotopic (exact) mass is 289 g/mol. The van der Waals surface area contributed by atoms with Crippen LogP contribution in [0, 0.1) is 0 Å². The van der Waals surface area contributed by atoms with Crippen molar-refractivity contribution in [2.75, 3.05) is 5.32 Å². The summed E-state index contributed by atoms with van der Waals surface area (Å²) in [5.41, 5.74) is 3.14. The first-order chi connectivity index (χ1) is 9.13. The van der Waals surface area contributed by atoms with Gasteiger partial charge in [0.15, 0.2) is 0 Å². The third-order valence-electron chi connectivity index (χ3n) is 2.91. The summed E-state index contributed by atoms with van der Waals surface area (Å²) < 4.78 is 0. The van der Waals surface area contributed by atoms with E-state index in [2.05, 4.69) is 5.32 Å². The average molecular weight is 290 g/mol. The summed E-state index contributed by atoms with van der Waals surface area (Å²) in [5, 5.41) is 3.92. The van der Waals surface area contributed by atoms with Crippen molar-refractivity contribution in [2.45, 2.75) is 0 Å². The Kier molecular flexibility index (Phi) is 3.05. The molecule has 1 N–H and O–H groups in total. The SMILES string of the molecule is O=C1Nc2ccccc2/C1=C/c1cc(Cl)cc(Cl)c1. The lowest BCUT2D eigenvalue weighted by atomic mass is 10.0. The molecule has 94 valence electrons. The number of rotatable bonds is 1. The van der Waals surface area contributed by atoms with Crippen molar-refractivity contribution in [2.24, 2.45) is 0 Å². The van der Waals surface area contributed by atoms with Gasteiger partial charge in [0.2, 0.25) is 0 Å². The van der Waals surface area contributed by atoms with E-state index < -0.39 is 0 Å². The highest BCUT2D eigenvalue weighted by atomic mass is 35.5. The Labute approximate surface area is 120 Å². The fraction of sp³-hybridized carbons (Fsp3) is 0. The molecule has 4 heteroatoms. The van der Waals surface area contributed by atoms with E-state index in [4.69, 9.17) is 23.2 Å². The predicted molar refractivity (Wildman–Crippen MR) is 79.4 cm³/mol. The molecule has 0 unspecified atom stereocenters. The zero-order valence-electron chi connectivity index (χ0n) is 9.78. The van der Waals surface area contributed by atoms with E-state index >= 15 is 0 Å². The summed E-state index contributed by atoms with van der Waals surface area (Å²) in [6.45, 7) is 0. The number of carbonyl (C=O) groups excluding carboxylic acids is 1. The van der Waals surface area contributed by atoms with Crippen molar-refractivity contribution in [1.29, 1.82) is 0 Å². The maximum atomic E-state index is 12.0. The minimum absolute atomic E-state index is 0.114. The van der Waals surface area contributed by atoms with Crippen LogP contribution in [-0.4, -0.2) is 5.91 Å². The Morgan fingerprint density at radius 2 is 1.68 bits per heavy atom. The van der Waals surface area contributed by atoms with Gasteiger partial charge in [-0.2, -0.15) is 0 Å². The van der Waals surface area contributed by atoms with Crippen LogP contribution in [0.3, 0.4) is 0 Å². The summed E-state index contributed by atoms with van der Waals surface area (Å²) in [6, 6.07) is 12.8. The van der Waals surface area contributed by atoms with Crippen LogP contribution in [-0.2, 0) is 4.79 Å². The molecule has 0 aromatic heterocycles. The lowest BCUT2D eigenvalue weighted by molar-refractivity contribution is -0.110. The molecule has 0 spiro atoms. The number of amides is 1. The summed E-state index contributed by atoms with van der Waals surface area (Å²) in [4.78, 5) is 12.0. The predicted octanol–water partition coefficient (Wildman–Crippen LogP) is 4.49. The second-order valence-corrected chi connectivity index (χ2v) is 5.13. The van der Waals surface area contributed by atoms with Crippen LogP contribution in [0.15, 0.2) is 42.5 Å². The van der Waals surface area contributed by atoms with Gasteiger partial charge in [-0.1, -0.05) is 41.4 Å². The van der Waals surface area contributed by atoms with Gasteiger partial charge in [0.25, 0.3) is 5.91 Å². The van der Waals surface area contributed by atoms with E-state index in [-0.39, 0.29) is 5.91 Å². The number of benzene rings is 2. The number of halogens is 2. The Balaban J connectivity index is 2.11. The topological polar surface area (TPSA) is 29.1 Å². The molecule has 0 aliphatic carbocycles. The molecule has 19 heavy (non-hydrogen) atoms. The number of fused-ring (bicyclic) bond motifs is 1. The minimum atomic E-state index is -0.114. The first-order valence-corrected chi connectivity index (χ1v) is 6.47. The standard InChI is InChI=1S/C15H9Cl2NO/c16-10-5-9(6-11(17)8-10)7-13-12-3-1-2-4-14(12)18-15(13)19/h1-8H,(H,18,19)/b13-7-. The molecule has 0 fully saturated rings. The van der Waals surface area contributed by atoms with Crippen molar-refractivity contribution < 1.29 is 4.79 Å². The Hall–Kier alpha value is -1.77. The van der Waals surface area contributed by atoms with Crippen LogP contribution < -0.4 is 5.32 Å². The van der Waals surface area contributed by atoms with Crippen LogP contribution in [0.4, 0.5) is 5.69 Å². The molecule has 0 radical (unpaired) electrons. The van der Waals surface area contributed by atoms with Gasteiger partial charge < -0.3 is 5.32 Å². The molecule has 2 aromatic carbocycles. The number of carbonyl (C=O) groups is 1. The average Bonchev–Trinajstić information content (AvgIpc) is 2.65. The molecule has 0 saturated carbocycles. The first kappa shape index (κ1) is 12.3. The van der Waals surface area contributed by atoms with Gasteiger partial charge in [-0.15, -0.1) is 0 Å². The number of anilines is 1. The van der Waals surface area contributed by atoms with Crippen LogP contribution in [0.25, 0.3) is 11.6 Å². The molecule has 3 rings (SSSR count). The third-order valence-corrected chi connectivity index (χ3v) is 3.34. The maximum Gasteiger partial charge on any atom is 0.256 e. The van der Waals surface area contributed by atoms with E-state index in [1.54, 1.807) is 24.3 Å². The van der Waals surface area contributed by atoms with Gasteiger partial charge in [0.1, 0.15) is 0 Å². The number of nitrogens with one attached hydrogen (secondary N) is 1. The molecule has 0 bridgehead atoms. The van der Waals surface area contributed by atoms with Crippen LogP contribution >= 0.6 is 23.2 Å². The molecule has 0 saturated heterocycles. The number of para-hydroxylation sites is 1. The maximum absolute atomic E-state index is 12.0. The van der Waals surface area contributed by atoms with Crippen molar-refractivity contribution in [3.63, 3.8) is 0 Å². The fourth-order valence-electron chi connectivity index (χ4n) is 2.11. The summed E-state index contributed by atoms with van der Waals surface area (Å²) in [5.74, 6) is -0.114. The number of hydrogen-bond acceptors (Lipinski definition) is 1. The Morgan fingerprint density at radius 1 is 1.00 bits per heavy atom. The largest absolute Gasteiger partial charge is 0.321 e. The molecule has 1 aliphatic rings. The van der Waals surface area contributed by atoms with Gasteiger partial charge in [0, 0.05) is 26.9 Å². The van der Waals surface area contributed by atoms with E-state index in [1.165, 1.54) is 0 Å². The molecular weight excluding hydrogens is 281 g/mol. The van der Waals surface area contributed by atoms with Gasteiger partial charge in [-0.25, -0.2) is 0 Å². The Bertz CT molecular complexity index is 687. The fourth-order valence-corrected chi connectivity index (χ4v) is 2.65. The quantitative estimate of drug-likeness (QED) is 0.770. The van der Waals surface area contributed by atoms with Crippen LogP contribution in [0.5, 0.6) is 0 Å². The minimum Gasteiger partial charge on any atom is -0.321 e. The Morgan fingerprint density at radius 3 is 2.42 bits per heavy atom. The highest BCUT2D eigenvalue weighted by Gasteiger charge is 2.23. The van der Waals surface area contributed by atoms with Crippen molar-refractivity contribution >= 4 is 46.4 Å². The normalized spacial score (nSPS) is 15.5. The van der Waals surface area contributed by atoms with Crippen LogP contribution in [0.1, 0.15) is 11.1 Å². The van der Waals surface area contributed by atoms with Gasteiger partial charge >= 0.3 is 0 Å². The molecule has 1 aliphatic heterocycles. The molecule has 1 heterocycles. The van der Waals surface area contributed by atoms with Gasteiger partial charge in [-0.05, 0) is 35.9 Å². The molecule has 0 atom stereocenters. The van der Waals surface area contributed by atoms with E-state index in [1.807, 2.05) is 24.3 Å². The van der Waals surface area contributed by atoms with E-state index in [0.717, 1.165) is 16.8 Å². The van der Waals surface area contributed by atoms with Crippen molar-refractivity contribution in [3.05, 3.63) is 63.6 Å². The first-order valence-electron chi connectivity index (χ1n) is 5.72. The lowest BCUT2D eigenvalue weighted by Gasteiger charge is -2.00. The van der Waals surface area contributed by atoms with Crippen LogP contribution in [0.2, 0.25) is 10.0 Å². The zero-order valence-corrected chi connectivity index (χ0v) is 11.3. The molecule has 2 nitrogen and oxygen atoms in total. The van der Waals surface area contributed by atoms with Crippen molar-refractivity contribution in [1.82, 2.24) is 0 Å². The second-order valence-electron chi connectivity index (χ2n) is 4.26. The van der Waals surface area contributed by atoms with Gasteiger partial charge in [0.05, 0.1) is 0 Å². The van der Waals surface area contributed by atoms with Gasteiger partial charge in [-0.3, -0.25) is 4.79 Å². The van der Waals surface area contributed by atoms with Crippen molar-refractivity contribution in [3.8, 4) is 0 Å². The van der Waals surface area contributed by atoms with E-state index in [9.17, 15) is 4.79 Å². The summed E-state index contributed by atoms with van der Waals surface area (Å²) >= 11 is 11.9. The highest BCUT2D eigenvalue weighted by molar-refractivity contribution is 6.36. The third kappa shape index (κ3) is 2.37.